The highest BCUT2D eigenvalue weighted by Crippen LogP contribution is 2.47. The van der Waals surface area contributed by atoms with Crippen molar-refractivity contribution in [1.29, 1.82) is 0 Å². The number of benzene rings is 3. The van der Waals surface area contributed by atoms with Crippen molar-refractivity contribution in [2.24, 2.45) is 10.9 Å². The van der Waals surface area contributed by atoms with Crippen molar-refractivity contribution in [3.8, 4) is 5.75 Å². The molecule has 0 N–H and O–H groups in total. The SMILES string of the molecule is COC(=O)C1C(C)=NC2=C(C(=O)C[C@H](c3ccc(Cl)cc3)C2)[C@H]1c1ccc(OCc2ccccc2)cc1. The smallest absolute Gasteiger partial charge is 0.315 e. The van der Waals surface area contributed by atoms with E-state index in [4.69, 9.17) is 26.1 Å². The zero-order valence-corrected chi connectivity index (χ0v) is 21.6. The van der Waals surface area contributed by atoms with Crippen molar-refractivity contribution in [3.63, 3.8) is 0 Å². The molecule has 0 saturated carbocycles. The second-order valence-corrected chi connectivity index (χ2v) is 9.95. The van der Waals surface area contributed by atoms with Gasteiger partial charge in [-0.05, 0) is 60.2 Å². The molecule has 0 bridgehead atoms. The fourth-order valence-corrected chi connectivity index (χ4v) is 5.46. The summed E-state index contributed by atoms with van der Waals surface area (Å²) in [6, 6.07) is 25.2. The number of hydrogen-bond acceptors (Lipinski definition) is 5. The molecule has 0 fully saturated rings. The number of rotatable bonds is 6. The van der Waals surface area contributed by atoms with Crippen molar-refractivity contribution < 1.29 is 19.1 Å². The molecular formula is C31H28ClNO4. The van der Waals surface area contributed by atoms with Gasteiger partial charge in [0.25, 0.3) is 0 Å². The lowest BCUT2D eigenvalue weighted by atomic mass is 9.69. The first kappa shape index (κ1) is 25.0. The zero-order chi connectivity index (χ0) is 25.9. The summed E-state index contributed by atoms with van der Waals surface area (Å²) in [5.74, 6) is -0.757. The summed E-state index contributed by atoms with van der Waals surface area (Å²) >= 11 is 6.07. The molecule has 1 heterocycles. The molecule has 3 atom stereocenters. The van der Waals surface area contributed by atoms with Crippen molar-refractivity contribution in [2.75, 3.05) is 7.11 Å². The van der Waals surface area contributed by atoms with Crippen LogP contribution in [0.2, 0.25) is 5.02 Å². The average Bonchev–Trinajstić information content (AvgIpc) is 2.92. The summed E-state index contributed by atoms with van der Waals surface area (Å²) in [6.45, 7) is 2.30. The van der Waals surface area contributed by atoms with Crippen molar-refractivity contribution in [1.82, 2.24) is 0 Å². The van der Waals surface area contributed by atoms with E-state index in [1.807, 2.05) is 85.8 Å². The number of ether oxygens (including phenoxy) is 2. The molecule has 3 aromatic carbocycles. The van der Waals surface area contributed by atoms with Gasteiger partial charge in [0.05, 0.1) is 7.11 Å². The minimum atomic E-state index is -0.657. The maximum Gasteiger partial charge on any atom is 0.315 e. The lowest BCUT2D eigenvalue weighted by molar-refractivity contribution is -0.143. The Morgan fingerprint density at radius 3 is 2.30 bits per heavy atom. The van der Waals surface area contributed by atoms with E-state index in [1.54, 1.807) is 0 Å². The molecule has 0 aromatic heterocycles. The number of Topliss-reactive ketones (excluding diaryl/α,β-unsaturated/α-hetero) is 1. The Kier molecular flexibility index (Phi) is 7.24. The van der Waals surface area contributed by atoms with E-state index < -0.39 is 17.8 Å². The summed E-state index contributed by atoms with van der Waals surface area (Å²) in [7, 11) is 1.37. The Morgan fingerprint density at radius 1 is 0.946 bits per heavy atom. The van der Waals surface area contributed by atoms with Crippen LogP contribution in [0, 0.1) is 5.92 Å². The van der Waals surface area contributed by atoms with Gasteiger partial charge in [0.1, 0.15) is 18.3 Å². The Hall–Kier alpha value is -3.70. The van der Waals surface area contributed by atoms with Crippen LogP contribution in [0.5, 0.6) is 5.75 Å². The van der Waals surface area contributed by atoms with Gasteiger partial charge in [-0.3, -0.25) is 14.6 Å². The largest absolute Gasteiger partial charge is 0.489 e. The van der Waals surface area contributed by atoms with Crippen LogP contribution in [0.3, 0.4) is 0 Å². The quantitative estimate of drug-likeness (QED) is 0.345. The van der Waals surface area contributed by atoms with Crippen LogP contribution in [-0.4, -0.2) is 24.6 Å². The van der Waals surface area contributed by atoms with Gasteiger partial charge in [-0.15, -0.1) is 0 Å². The number of aliphatic imine (C=N–C) groups is 1. The lowest BCUT2D eigenvalue weighted by Crippen LogP contribution is -2.37. The summed E-state index contributed by atoms with van der Waals surface area (Å²) in [5, 5.41) is 0.662. The molecule has 37 heavy (non-hydrogen) atoms. The number of ketones is 1. The summed E-state index contributed by atoms with van der Waals surface area (Å²) in [4.78, 5) is 31.3. The van der Waals surface area contributed by atoms with Gasteiger partial charge in [-0.1, -0.05) is 66.2 Å². The third-order valence-corrected chi connectivity index (χ3v) is 7.42. The van der Waals surface area contributed by atoms with Crippen LogP contribution in [0.4, 0.5) is 0 Å². The normalized spacial score (nSPS) is 21.2. The molecule has 0 saturated heterocycles. The number of halogens is 1. The molecule has 0 radical (unpaired) electrons. The summed E-state index contributed by atoms with van der Waals surface area (Å²) in [6.07, 6.45) is 0.987. The number of nitrogens with zero attached hydrogens (tertiary/aromatic N) is 1. The zero-order valence-electron chi connectivity index (χ0n) is 20.8. The molecule has 0 amide bonds. The number of esters is 1. The first-order chi connectivity index (χ1) is 17.9. The second-order valence-electron chi connectivity index (χ2n) is 9.52. The third-order valence-electron chi connectivity index (χ3n) is 7.17. The van der Waals surface area contributed by atoms with E-state index in [1.165, 1.54) is 7.11 Å². The van der Waals surface area contributed by atoms with Gasteiger partial charge in [0.15, 0.2) is 5.78 Å². The number of carbonyl (C=O) groups is 2. The molecule has 3 aromatic rings. The van der Waals surface area contributed by atoms with Crippen LogP contribution < -0.4 is 4.74 Å². The molecule has 2 aliphatic rings. The highest BCUT2D eigenvalue weighted by Gasteiger charge is 2.44. The predicted octanol–water partition coefficient (Wildman–Crippen LogP) is 6.67. The lowest BCUT2D eigenvalue weighted by Gasteiger charge is -2.36. The van der Waals surface area contributed by atoms with Crippen LogP contribution in [0.1, 0.15) is 48.3 Å². The maximum absolute atomic E-state index is 13.6. The molecule has 1 aliphatic carbocycles. The Labute approximate surface area is 221 Å². The minimum Gasteiger partial charge on any atom is -0.489 e. The van der Waals surface area contributed by atoms with Crippen molar-refractivity contribution in [2.45, 2.75) is 38.2 Å². The van der Waals surface area contributed by atoms with E-state index in [2.05, 4.69) is 0 Å². The van der Waals surface area contributed by atoms with Gasteiger partial charge < -0.3 is 9.47 Å². The van der Waals surface area contributed by atoms with E-state index in [0.717, 1.165) is 28.1 Å². The number of methoxy groups -OCH3 is 1. The average molecular weight is 514 g/mol. The van der Waals surface area contributed by atoms with E-state index >= 15 is 0 Å². The minimum absolute atomic E-state index is 0.0146. The molecule has 0 spiro atoms. The van der Waals surface area contributed by atoms with E-state index in [-0.39, 0.29) is 11.7 Å². The van der Waals surface area contributed by atoms with Crippen LogP contribution in [-0.2, 0) is 20.9 Å². The summed E-state index contributed by atoms with van der Waals surface area (Å²) < 4.78 is 11.1. The Balaban J connectivity index is 1.46. The molecule has 1 unspecified atom stereocenters. The standard InChI is InChI=1S/C31H28ClNO4/c1-19-28(31(35)36-2)29(22-10-14-25(15-11-22)37-18-20-6-4-3-5-7-20)30-26(33-19)16-23(17-27(30)34)21-8-12-24(32)13-9-21/h3-15,23,28-29H,16-18H2,1-2H3/t23-,28?,29+/m1/s1. The topological polar surface area (TPSA) is 65.0 Å². The third kappa shape index (κ3) is 5.23. The number of hydrogen-bond donors (Lipinski definition) is 0. The van der Waals surface area contributed by atoms with Crippen LogP contribution >= 0.6 is 11.6 Å². The van der Waals surface area contributed by atoms with Gasteiger partial charge in [-0.25, -0.2) is 0 Å². The molecule has 5 rings (SSSR count). The molecule has 5 nitrogen and oxygen atoms in total. The number of allylic oxidation sites excluding steroid dienone is 2. The molecule has 1 aliphatic heterocycles. The highest BCUT2D eigenvalue weighted by atomic mass is 35.5. The van der Waals surface area contributed by atoms with Crippen LogP contribution in [0.15, 0.2) is 95.1 Å². The van der Waals surface area contributed by atoms with Gasteiger partial charge in [-0.2, -0.15) is 0 Å². The van der Waals surface area contributed by atoms with Crippen LogP contribution in [0.25, 0.3) is 0 Å². The van der Waals surface area contributed by atoms with Gasteiger partial charge in [0, 0.05) is 34.3 Å². The van der Waals surface area contributed by atoms with E-state index in [9.17, 15) is 9.59 Å². The fraction of sp³-hybridized carbons (Fsp3) is 0.258. The van der Waals surface area contributed by atoms with Crippen molar-refractivity contribution in [3.05, 3.63) is 112 Å². The maximum atomic E-state index is 13.6. The van der Waals surface area contributed by atoms with Crippen molar-refractivity contribution >= 4 is 29.1 Å². The highest BCUT2D eigenvalue weighted by molar-refractivity contribution is 6.30. The number of carbonyl (C=O) groups excluding carboxylic acids is 2. The van der Waals surface area contributed by atoms with Gasteiger partial charge in [0.2, 0.25) is 0 Å². The first-order valence-electron chi connectivity index (χ1n) is 12.4. The molecular weight excluding hydrogens is 486 g/mol. The molecule has 188 valence electrons. The predicted molar refractivity (Wildman–Crippen MR) is 144 cm³/mol. The van der Waals surface area contributed by atoms with Gasteiger partial charge >= 0.3 is 5.97 Å². The fourth-order valence-electron chi connectivity index (χ4n) is 5.33. The summed E-state index contributed by atoms with van der Waals surface area (Å²) in [5.41, 5.74) is 5.03. The Bertz CT molecular complexity index is 1360. The van der Waals surface area contributed by atoms with E-state index in [0.29, 0.717) is 35.8 Å². The monoisotopic (exact) mass is 513 g/mol. The first-order valence-corrected chi connectivity index (χ1v) is 12.7. The molecule has 6 heteroatoms. The second kappa shape index (κ2) is 10.7. The Morgan fingerprint density at radius 2 is 1.62 bits per heavy atom.